The number of carbonyl (C=O) groups is 1. The van der Waals surface area contributed by atoms with Gasteiger partial charge in [0.25, 0.3) is 5.91 Å². The van der Waals surface area contributed by atoms with Gasteiger partial charge < -0.3 is 14.7 Å². The van der Waals surface area contributed by atoms with Crippen LogP contribution in [0.3, 0.4) is 0 Å². The number of likely N-dealkylation sites (tertiary alicyclic amines) is 1. The number of carbonyl (C=O) groups excluding carboxylic acids is 1. The highest BCUT2D eigenvalue weighted by atomic mass is 16.5. The summed E-state index contributed by atoms with van der Waals surface area (Å²) in [5.74, 6) is 0.558. The summed E-state index contributed by atoms with van der Waals surface area (Å²) in [5, 5.41) is 9.62. The van der Waals surface area contributed by atoms with Gasteiger partial charge in [0.15, 0.2) is 0 Å². The summed E-state index contributed by atoms with van der Waals surface area (Å²) < 4.78 is 5.47. The maximum Gasteiger partial charge on any atom is 0.257 e. The number of amides is 1. The number of para-hydroxylation sites is 1. The smallest absolute Gasteiger partial charge is 0.257 e. The van der Waals surface area contributed by atoms with Crippen molar-refractivity contribution < 1.29 is 14.6 Å². The lowest BCUT2D eigenvalue weighted by Crippen LogP contribution is -2.42. The van der Waals surface area contributed by atoms with E-state index < -0.39 is 6.10 Å². The molecular formula is C14H19NO3. The Bertz CT molecular complexity index is 419. The minimum Gasteiger partial charge on any atom is -0.493 e. The summed E-state index contributed by atoms with van der Waals surface area (Å²) >= 11 is 0. The number of hydrogen-bond acceptors (Lipinski definition) is 3. The molecule has 1 aromatic carbocycles. The zero-order valence-electron chi connectivity index (χ0n) is 10.6. The van der Waals surface area contributed by atoms with Crippen LogP contribution in [0, 0.1) is 0 Å². The SMILES string of the molecule is CCOc1ccccc1C(=O)N1CCCC(O)C1. The number of piperidine rings is 1. The van der Waals surface area contributed by atoms with Gasteiger partial charge in [0, 0.05) is 13.1 Å². The van der Waals surface area contributed by atoms with Crippen LogP contribution >= 0.6 is 0 Å². The van der Waals surface area contributed by atoms with Crippen LogP contribution in [-0.2, 0) is 0 Å². The Kier molecular flexibility index (Phi) is 4.20. The van der Waals surface area contributed by atoms with Crippen molar-refractivity contribution in [3.05, 3.63) is 29.8 Å². The summed E-state index contributed by atoms with van der Waals surface area (Å²) in [7, 11) is 0. The van der Waals surface area contributed by atoms with Crippen molar-refractivity contribution in [1.82, 2.24) is 4.90 Å². The summed E-state index contributed by atoms with van der Waals surface area (Å²) in [6, 6.07) is 7.26. The average Bonchev–Trinajstić information content (AvgIpc) is 2.39. The van der Waals surface area contributed by atoms with Gasteiger partial charge in [0.1, 0.15) is 5.75 Å². The first-order valence-corrected chi connectivity index (χ1v) is 6.41. The molecule has 0 aliphatic carbocycles. The van der Waals surface area contributed by atoms with Crippen LogP contribution in [0.25, 0.3) is 0 Å². The first kappa shape index (κ1) is 12.9. The third-order valence-electron chi connectivity index (χ3n) is 3.10. The predicted molar refractivity (Wildman–Crippen MR) is 68.8 cm³/mol. The van der Waals surface area contributed by atoms with Gasteiger partial charge in [-0.15, -0.1) is 0 Å². The summed E-state index contributed by atoms with van der Waals surface area (Å²) in [4.78, 5) is 14.1. The number of aliphatic hydroxyl groups excluding tert-OH is 1. The fourth-order valence-electron chi connectivity index (χ4n) is 2.23. The second-order valence-electron chi connectivity index (χ2n) is 4.48. The van der Waals surface area contributed by atoms with E-state index in [-0.39, 0.29) is 5.91 Å². The summed E-state index contributed by atoms with van der Waals surface area (Å²) in [6.45, 7) is 3.55. The minimum atomic E-state index is -0.401. The van der Waals surface area contributed by atoms with Crippen molar-refractivity contribution in [3.63, 3.8) is 0 Å². The molecule has 1 aliphatic heterocycles. The van der Waals surface area contributed by atoms with Gasteiger partial charge in [0.2, 0.25) is 0 Å². The number of ether oxygens (including phenoxy) is 1. The molecule has 98 valence electrons. The Morgan fingerprint density at radius 3 is 3.00 bits per heavy atom. The largest absolute Gasteiger partial charge is 0.493 e. The Morgan fingerprint density at radius 1 is 1.50 bits per heavy atom. The molecule has 1 saturated heterocycles. The van der Waals surface area contributed by atoms with Gasteiger partial charge in [0.05, 0.1) is 18.3 Å². The molecule has 1 fully saturated rings. The maximum absolute atomic E-state index is 12.4. The molecule has 1 amide bonds. The number of aliphatic hydroxyl groups is 1. The molecule has 4 nitrogen and oxygen atoms in total. The van der Waals surface area contributed by atoms with E-state index in [9.17, 15) is 9.90 Å². The standard InChI is InChI=1S/C14H19NO3/c1-2-18-13-8-4-3-7-12(13)14(17)15-9-5-6-11(16)10-15/h3-4,7-8,11,16H,2,5-6,9-10H2,1H3. The molecule has 0 aromatic heterocycles. The number of benzene rings is 1. The first-order valence-electron chi connectivity index (χ1n) is 6.41. The van der Waals surface area contributed by atoms with Crippen LogP contribution in [0.5, 0.6) is 5.75 Å². The molecule has 0 radical (unpaired) electrons. The average molecular weight is 249 g/mol. The molecule has 0 saturated carbocycles. The van der Waals surface area contributed by atoms with E-state index in [2.05, 4.69) is 0 Å². The lowest BCUT2D eigenvalue weighted by atomic mass is 10.1. The Morgan fingerprint density at radius 2 is 2.28 bits per heavy atom. The van der Waals surface area contributed by atoms with Crippen molar-refractivity contribution >= 4 is 5.91 Å². The second-order valence-corrected chi connectivity index (χ2v) is 4.48. The van der Waals surface area contributed by atoms with E-state index in [0.717, 1.165) is 12.8 Å². The molecule has 18 heavy (non-hydrogen) atoms. The third kappa shape index (κ3) is 2.82. The monoisotopic (exact) mass is 249 g/mol. The van der Waals surface area contributed by atoms with Gasteiger partial charge in [-0.1, -0.05) is 12.1 Å². The fraction of sp³-hybridized carbons (Fsp3) is 0.500. The highest BCUT2D eigenvalue weighted by Crippen LogP contribution is 2.21. The van der Waals surface area contributed by atoms with Crippen molar-refractivity contribution in [1.29, 1.82) is 0 Å². The Hall–Kier alpha value is -1.55. The van der Waals surface area contributed by atoms with E-state index in [1.54, 1.807) is 17.0 Å². The molecular weight excluding hydrogens is 230 g/mol. The Balaban J connectivity index is 2.17. The van der Waals surface area contributed by atoms with Gasteiger partial charge in [-0.25, -0.2) is 0 Å². The quantitative estimate of drug-likeness (QED) is 0.886. The zero-order valence-corrected chi connectivity index (χ0v) is 10.6. The highest BCUT2D eigenvalue weighted by Gasteiger charge is 2.24. The van der Waals surface area contributed by atoms with Crippen LogP contribution in [-0.4, -0.2) is 41.7 Å². The van der Waals surface area contributed by atoms with Crippen LogP contribution in [0.15, 0.2) is 24.3 Å². The number of nitrogens with zero attached hydrogens (tertiary/aromatic N) is 1. The van der Waals surface area contributed by atoms with Gasteiger partial charge >= 0.3 is 0 Å². The Labute approximate surface area is 107 Å². The van der Waals surface area contributed by atoms with Crippen LogP contribution < -0.4 is 4.74 Å². The predicted octanol–water partition coefficient (Wildman–Crippen LogP) is 1.68. The first-order chi connectivity index (χ1) is 8.72. The van der Waals surface area contributed by atoms with E-state index in [4.69, 9.17) is 4.74 Å². The lowest BCUT2D eigenvalue weighted by Gasteiger charge is -2.30. The fourth-order valence-corrected chi connectivity index (χ4v) is 2.23. The molecule has 1 atom stereocenters. The summed E-state index contributed by atoms with van der Waals surface area (Å²) in [5.41, 5.74) is 0.577. The molecule has 1 heterocycles. The van der Waals surface area contributed by atoms with Gasteiger partial charge in [-0.2, -0.15) is 0 Å². The highest BCUT2D eigenvalue weighted by molar-refractivity contribution is 5.97. The molecule has 1 N–H and O–H groups in total. The molecule has 1 unspecified atom stereocenters. The number of β-amino-alcohol motifs (C(OH)–C–C–N with tert-alkyl or cyclic N) is 1. The molecule has 2 rings (SSSR count). The number of hydrogen-bond donors (Lipinski definition) is 1. The number of rotatable bonds is 3. The lowest BCUT2D eigenvalue weighted by molar-refractivity contribution is 0.0470. The van der Waals surface area contributed by atoms with E-state index >= 15 is 0 Å². The molecule has 1 aromatic rings. The van der Waals surface area contributed by atoms with Crippen molar-refractivity contribution in [2.75, 3.05) is 19.7 Å². The molecule has 0 spiro atoms. The third-order valence-corrected chi connectivity index (χ3v) is 3.10. The van der Waals surface area contributed by atoms with Gasteiger partial charge in [-0.3, -0.25) is 4.79 Å². The maximum atomic E-state index is 12.4. The van der Waals surface area contributed by atoms with E-state index in [1.807, 2.05) is 19.1 Å². The van der Waals surface area contributed by atoms with Crippen LogP contribution in [0.1, 0.15) is 30.1 Å². The van der Waals surface area contributed by atoms with Crippen molar-refractivity contribution in [2.45, 2.75) is 25.9 Å². The minimum absolute atomic E-state index is 0.0576. The van der Waals surface area contributed by atoms with Crippen molar-refractivity contribution in [3.8, 4) is 5.75 Å². The van der Waals surface area contributed by atoms with E-state index in [0.29, 0.717) is 31.0 Å². The zero-order chi connectivity index (χ0) is 13.0. The van der Waals surface area contributed by atoms with E-state index in [1.165, 1.54) is 0 Å². The second kappa shape index (κ2) is 5.87. The normalized spacial score (nSPS) is 19.7. The molecule has 4 heteroatoms. The topological polar surface area (TPSA) is 49.8 Å². The van der Waals surface area contributed by atoms with Crippen LogP contribution in [0.2, 0.25) is 0 Å². The molecule has 0 bridgehead atoms. The van der Waals surface area contributed by atoms with Crippen molar-refractivity contribution in [2.24, 2.45) is 0 Å². The summed E-state index contributed by atoms with van der Waals surface area (Å²) in [6.07, 6.45) is 1.22. The molecule has 1 aliphatic rings. The van der Waals surface area contributed by atoms with Crippen LogP contribution in [0.4, 0.5) is 0 Å². The van der Waals surface area contributed by atoms with Gasteiger partial charge in [-0.05, 0) is 31.9 Å².